The third-order valence-electron chi connectivity index (χ3n) is 4.39. The van der Waals surface area contributed by atoms with Crippen molar-refractivity contribution < 1.29 is 38.2 Å². The van der Waals surface area contributed by atoms with Crippen LogP contribution in [0.1, 0.15) is 11.8 Å². The lowest BCUT2D eigenvalue weighted by atomic mass is 10.1. The number of nitrogens with zero attached hydrogens (tertiary/aromatic N) is 3. The van der Waals surface area contributed by atoms with Gasteiger partial charge in [0.2, 0.25) is 6.23 Å². The summed E-state index contributed by atoms with van der Waals surface area (Å²) in [5, 5.41) is 31.3. The third kappa shape index (κ3) is 4.65. The van der Waals surface area contributed by atoms with Crippen molar-refractivity contribution in [3.05, 3.63) is 62.7 Å². The smallest absolute Gasteiger partial charge is 0.413 e. The highest BCUT2D eigenvalue weighted by Crippen LogP contribution is 2.41. The number of carbonyl (C=O) groups is 1. The van der Waals surface area contributed by atoms with Crippen molar-refractivity contribution in [3.8, 4) is 0 Å². The lowest BCUT2D eigenvalue weighted by Gasteiger charge is -2.21. The van der Waals surface area contributed by atoms with E-state index >= 15 is 0 Å². The molecule has 1 aliphatic rings. The van der Waals surface area contributed by atoms with Crippen molar-refractivity contribution >= 4 is 17.6 Å². The van der Waals surface area contributed by atoms with Gasteiger partial charge in [0.1, 0.15) is 18.5 Å². The first kappa shape index (κ1) is 22.2. The van der Waals surface area contributed by atoms with Gasteiger partial charge in [-0.25, -0.2) is 9.59 Å². The van der Waals surface area contributed by atoms with Crippen LogP contribution in [0, 0.1) is 10.1 Å². The van der Waals surface area contributed by atoms with Crippen LogP contribution in [0.2, 0.25) is 0 Å². The van der Waals surface area contributed by atoms with E-state index in [4.69, 9.17) is 14.6 Å². The van der Waals surface area contributed by atoms with Crippen LogP contribution in [0.3, 0.4) is 0 Å². The van der Waals surface area contributed by atoms with E-state index in [0.29, 0.717) is 10.1 Å². The highest BCUT2D eigenvalue weighted by atomic mass is 19.3. The zero-order chi connectivity index (χ0) is 22.8. The Morgan fingerprint density at radius 1 is 1.35 bits per heavy atom. The van der Waals surface area contributed by atoms with Crippen molar-refractivity contribution in [1.29, 1.82) is 0 Å². The second-order valence-electron chi connectivity index (χ2n) is 6.46. The monoisotopic (exact) mass is 442 g/mol. The molecule has 0 bridgehead atoms. The summed E-state index contributed by atoms with van der Waals surface area (Å²) < 4.78 is 38.5. The minimum Gasteiger partial charge on any atom is -0.444 e. The molecule has 0 saturated carbocycles. The first-order valence-electron chi connectivity index (χ1n) is 8.72. The van der Waals surface area contributed by atoms with Crippen molar-refractivity contribution in [2.24, 2.45) is 0 Å². The molecule has 3 rings (SSSR count). The number of ether oxygens (including phenoxy) is 2. The van der Waals surface area contributed by atoms with Gasteiger partial charge in [-0.05, 0) is 23.8 Å². The molecule has 3 atom stereocenters. The number of non-ortho nitro benzene ring substituents is 1. The van der Waals surface area contributed by atoms with Gasteiger partial charge in [-0.15, -0.1) is 0 Å². The Labute approximate surface area is 171 Å². The van der Waals surface area contributed by atoms with Gasteiger partial charge in [0.15, 0.2) is 6.10 Å². The number of hydrogen-bond acceptors (Lipinski definition) is 9. The van der Waals surface area contributed by atoms with Crippen LogP contribution >= 0.6 is 0 Å². The second-order valence-corrected chi connectivity index (χ2v) is 6.46. The number of nitro groups is 1. The predicted molar refractivity (Wildman–Crippen MR) is 97.4 cm³/mol. The summed E-state index contributed by atoms with van der Waals surface area (Å²) in [5.41, 5.74) is -0.877. The topological polar surface area (TPSA) is 166 Å². The standard InChI is InChI=1S/C17H16F2N4O8/c18-17(19)13(25)11(7-24)31-14(17)22-6-5-12(20-15(22)26)21-16(27)30-8-9-1-3-10(4-2-9)23(28)29/h1-6,11,13-14,24-25H,7-8H2,(H,20,21,26,27)/t11-,13-,14-/m1/s1. The Bertz CT molecular complexity index is 1030. The largest absolute Gasteiger partial charge is 0.444 e. The fraction of sp³-hybridized carbons (Fsp3) is 0.353. The molecule has 1 saturated heterocycles. The number of alkyl halides is 2. The number of aromatic nitrogens is 2. The number of anilines is 1. The third-order valence-corrected chi connectivity index (χ3v) is 4.39. The SMILES string of the molecule is O=C(Nc1ccn([C@@H]2O[C@H](CO)[C@@H](O)C2(F)F)c(=O)n1)OCc1ccc([N+](=O)[O-])cc1. The van der Waals surface area contributed by atoms with E-state index in [1.807, 2.05) is 0 Å². The number of rotatable bonds is 6. The molecular weight excluding hydrogens is 426 g/mol. The number of nitro benzene ring substituents is 1. The van der Waals surface area contributed by atoms with Gasteiger partial charge in [-0.3, -0.25) is 20.0 Å². The first-order chi connectivity index (χ1) is 14.6. The normalized spacial score (nSPS) is 22.1. The number of aliphatic hydroxyl groups is 2. The molecular formula is C17H16F2N4O8. The number of hydrogen-bond donors (Lipinski definition) is 3. The van der Waals surface area contributed by atoms with E-state index in [1.165, 1.54) is 24.3 Å². The minimum absolute atomic E-state index is 0.132. The molecule has 0 spiro atoms. The van der Waals surface area contributed by atoms with E-state index in [9.17, 15) is 33.6 Å². The molecule has 1 amide bonds. The van der Waals surface area contributed by atoms with Crippen LogP contribution < -0.4 is 11.0 Å². The minimum atomic E-state index is -3.86. The van der Waals surface area contributed by atoms with Gasteiger partial charge in [0, 0.05) is 18.3 Å². The molecule has 14 heteroatoms. The number of aliphatic hydroxyl groups excluding tert-OH is 2. The van der Waals surface area contributed by atoms with Crippen molar-refractivity contribution in [1.82, 2.24) is 9.55 Å². The van der Waals surface area contributed by atoms with Crippen LogP contribution in [0.5, 0.6) is 0 Å². The molecule has 12 nitrogen and oxygen atoms in total. The maximum Gasteiger partial charge on any atom is 0.413 e. The second kappa shape index (κ2) is 8.71. The molecule has 31 heavy (non-hydrogen) atoms. The van der Waals surface area contributed by atoms with Gasteiger partial charge in [0.05, 0.1) is 11.5 Å². The van der Waals surface area contributed by atoms with E-state index in [0.717, 1.165) is 12.3 Å². The molecule has 1 aromatic heterocycles. The quantitative estimate of drug-likeness (QED) is 0.433. The number of nitrogens with one attached hydrogen (secondary N) is 1. The fourth-order valence-electron chi connectivity index (χ4n) is 2.78. The van der Waals surface area contributed by atoms with E-state index in [-0.39, 0.29) is 18.1 Å². The summed E-state index contributed by atoms with van der Waals surface area (Å²) in [5.74, 6) is -4.16. The average molecular weight is 442 g/mol. The maximum absolute atomic E-state index is 14.1. The van der Waals surface area contributed by atoms with E-state index in [2.05, 4.69) is 10.3 Å². The Morgan fingerprint density at radius 3 is 2.58 bits per heavy atom. The summed E-state index contributed by atoms with van der Waals surface area (Å²) in [6.45, 7) is -1.11. The summed E-state index contributed by atoms with van der Waals surface area (Å²) in [6.07, 6.45) is -6.23. The molecule has 3 N–H and O–H groups in total. The fourth-order valence-corrected chi connectivity index (χ4v) is 2.78. The lowest BCUT2D eigenvalue weighted by molar-refractivity contribution is -0.384. The average Bonchev–Trinajstić information content (AvgIpc) is 2.96. The Morgan fingerprint density at radius 2 is 2.03 bits per heavy atom. The van der Waals surface area contributed by atoms with Crippen LogP contribution in [0.25, 0.3) is 0 Å². The van der Waals surface area contributed by atoms with Gasteiger partial charge in [-0.2, -0.15) is 13.8 Å². The van der Waals surface area contributed by atoms with Crippen LogP contribution in [0.15, 0.2) is 41.3 Å². The van der Waals surface area contributed by atoms with Crippen LogP contribution in [-0.2, 0) is 16.1 Å². The van der Waals surface area contributed by atoms with Crippen LogP contribution in [0.4, 0.5) is 25.1 Å². The molecule has 166 valence electrons. The molecule has 1 aliphatic heterocycles. The highest BCUT2D eigenvalue weighted by molar-refractivity contribution is 5.83. The summed E-state index contributed by atoms with van der Waals surface area (Å²) in [7, 11) is 0. The van der Waals surface area contributed by atoms with Crippen molar-refractivity contribution in [2.45, 2.75) is 31.0 Å². The number of benzene rings is 1. The zero-order valence-corrected chi connectivity index (χ0v) is 15.6. The van der Waals surface area contributed by atoms with Crippen LogP contribution in [-0.4, -0.2) is 55.5 Å². The Kier molecular flexibility index (Phi) is 6.24. The Hall–Kier alpha value is -3.49. The highest BCUT2D eigenvalue weighted by Gasteiger charge is 2.59. The summed E-state index contributed by atoms with van der Waals surface area (Å²) in [4.78, 5) is 37.4. The summed E-state index contributed by atoms with van der Waals surface area (Å²) >= 11 is 0. The van der Waals surface area contributed by atoms with Gasteiger partial charge < -0.3 is 19.7 Å². The predicted octanol–water partition coefficient (Wildman–Crippen LogP) is 0.786. The van der Waals surface area contributed by atoms with Gasteiger partial charge >= 0.3 is 17.7 Å². The molecule has 0 unspecified atom stereocenters. The Balaban J connectivity index is 1.63. The zero-order valence-electron chi connectivity index (χ0n) is 15.6. The van der Waals surface area contributed by atoms with Crippen molar-refractivity contribution in [3.63, 3.8) is 0 Å². The maximum atomic E-state index is 14.1. The van der Waals surface area contributed by atoms with Crippen molar-refractivity contribution in [2.75, 3.05) is 11.9 Å². The van der Waals surface area contributed by atoms with E-state index < -0.39 is 47.7 Å². The lowest BCUT2D eigenvalue weighted by Crippen LogP contribution is -2.41. The number of halogens is 2. The molecule has 0 radical (unpaired) electrons. The molecule has 2 heterocycles. The number of amides is 1. The first-order valence-corrected chi connectivity index (χ1v) is 8.72. The van der Waals surface area contributed by atoms with Gasteiger partial charge in [0.25, 0.3) is 5.69 Å². The van der Waals surface area contributed by atoms with Gasteiger partial charge in [-0.1, -0.05) is 0 Å². The van der Waals surface area contributed by atoms with E-state index in [1.54, 1.807) is 0 Å². The molecule has 1 aromatic carbocycles. The molecule has 0 aliphatic carbocycles. The molecule has 1 fully saturated rings. The number of carbonyl (C=O) groups excluding carboxylic acids is 1. The summed E-state index contributed by atoms with van der Waals surface area (Å²) in [6, 6.07) is 6.28. The molecule has 2 aromatic rings.